The molecule has 3 aromatic rings. The number of amides is 1. The molecule has 26 heavy (non-hydrogen) atoms. The number of nitrogens with zero attached hydrogens (tertiary/aromatic N) is 2. The minimum atomic E-state index is -0.235. The number of nitrogens with one attached hydrogen (secondary N) is 1. The fourth-order valence-corrected chi connectivity index (χ4v) is 2.42. The van der Waals surface area contributed by atoms with Crippen LogP contribution in [0.15, 0.2) is 59.1 Å². The second kappa shape index (κ2) is 8.80. The standard InChI is InChI=1S/C20H21N3O3/c1-2-3-13-18-22-19(26-23-18)14-25-17-12-8-7-11-16(17)20(24)21-15-9-5-4-6-10-15/h4-12H,2-3,13-14H2,1H3,(H,21,24). The van der Waals surface area contributed by atoms with Crippen molar-refractivity contribution in [1.29, 1.82) is 0 Å². The van der Waals surface area contributed by atoms with Crippen molar-refractivity contribution >= 4 is 11.6 Å². The molecule has 6 nitrogen and oxygen atoms in total. The average Bonchev–Trinajstić information content (AvgIpc) is 3.13. The lowest BCUT2D eigenvalue weighted by Gasteiger charge is -2.10. The van der Waals surface area contributed by atoms with Gasteiger partial charge in [-0.25, -0.2) is 0 Å². The van der Waals surface area contributed by atoms with E-state index in [1.165, 1.54) is 0 Å². The van der Waals surface area contributed by atoms with Crippen LogP contribution in [0.1, 0.15) is 41.8 Å². The van der Waals surface area contributed by atoms with Gasteiger partial charge in [-0.15, -0.1) is 0 Å². The van der Waals surface area contributed by atoms with Crippen LogP contribution in [-0.2, 0) is 13.0 Å². The summed E-state index contributed by atoms with van der Waals surface area (Å²) >= 11 is 0. The highest BCUT2D eigenvalue weighted by molar-refractivity contribution is 6.06. The quantitative estimate of drug-likeness (QED) is 0.657. The summed E-state index contributed by atoms with van der Waals surface area (Å²) in [6.45, 7) is 2.23. The molecule has 0 saturated carbocycles. The van der Waals surface area contributed by atoms with Crippen LogP contribution in [0.4, 0.5) is 5.69 Å². The summed E-state index contributed by atoms with van der Waals surface area (Å²) in [4.78, 5) is 16.8. The molecular formula is C20H21N3O3. The first-order chi connectivity index (χ1) is 12.8. The van der Waals surface area contributed by atoms with Gasteiger partial charge in [-0.3, -0.25) is 4.79 Å². The number of aryl methyl sites for hydroxylation is 1. The maximum Gasteiger partial charge on any atom is 0.264 e. The van der Waals surface area contributed by atoms with Crippen LogP contribution < -0.4 is 10.1 Å². The Bertz CT molecular complexity index is 846. The van der Waals surface area contributed by atoms with Gasteiger partial charge in [0.15, 0.2) is 12.4 Å². The van der Waals surface area contributed by atoms with Crippen molar-refractivity contribution in [3.8, 4) is 5.75 Å². The lowest BCUT2D eigenvalue weighted by Crippen LogP contribution is -2.13. The molecule has 0 fully saturated rings. The molecular weight excluding hydrogens is 330 g/mol. The van der Waals surface area contributed by atoms with Gasteiger partial charge in [0.25, 0.3) is 11.8 Å². The third-order valence-corrected chi connectivity index (χ3v) is 3.78. The van der Waals surface area contributed by atoms with Crippen molar-refractivity contribution in [1.82, 2.24) is 10.1 Å². The Morgan fingerprint density at radius 3 is 2.69 bits per heavy atom. The predicted octanol–water partition coefficient (Wildman–Crippen LogP) is 4.24. The van der Waals surface area contributed by atoms with Gasteiger partial charge < -0.3 is 14.6 Å². The summed E-state index contributed by atoms with van der Waals surface area (Å²) in [5.41, 5.74) is 1.17. The summed E-state index contributed by atoms with van der Waals surface area (Å²) in [6.07, 6.45) is 2.88. The molecule has 0 saturated heterocycles. The molecule has 1 N–H and O–H groups in total. The number of unbranched alkanes of at least 4 members (excludes halogenated alkanes) is 1. The Hall–Kier alpha value is -3.15. The van der Waals surface area contributed by atoms with Gasteiger partial charge in [0, 0.05) is 12.1 Å². The largest absolute Gasteiger partial charge is 0.483 e. The van der Waals surface area contributed by atoms with E-state index in [4.69, 9.17) is 9.26 Å². The number of para-hydroxylation sites is 2. The molecule has 1 amide bonds. The van der Waals surface area contributed by atoms with Crippen molar-refractivity contribution in [3.63, 3.8) is 0 Å². The average molecular weight is 351 g/mol. The number of carbonyl (C=O) groups excluding carboxylic acids is 1. The molecule has 3 rings (SSSR count). The van der Waals surface area contributed by atoms with Gasteiger partial charge in [-0.2, -0.15) is 4.98 Å². The minimum Gasteiger partial charge on any atom is -0.483 e. The maximum atomic E-state index is 12.5. The topological polar surface area (TPSA) is 77.2 Å². The van der Waals surface area contributed by atoms with Crippen molar-refractivity contribution < 1.29 is 14.1 Å². The van der Waals surface area contributed by atoms with Crippen LogP contribution >= 0.6 is 0 Å². The van der Waals surface area contributed by atoms with E-state index in [1.54, 1.807) is 18.2 Å². The monoisotopic (exact) mass is 351 g/mol. The number of benzene rings is 2. The fourth-order valence-electron chi connectivity index (χ4n) is 2.42. The van der Waals surface area contributed by atoms with E-state index in [9.17, 15) is 4.79 Å². The van der Waals surface area contributed by atoms with Crippen LogP contribution in [0.5, 0.6) is 5.75 Å². The highest BCUT2D eigenvalue weighted by Gasteiger charge is 2.14. The van der Waals surface area contributed by atoms with Crippen LogP contribution in [0.3, 0.4) is 0 Å². The number of rotatable bonds is 8. The normalized spacial score (nSPS) is 10.5. The summed E-state index contributed by atoms with van der Waals surface area (Å²) in [7, 11) is 0. The van der Waals surface area contributed by atoms with Crippen molar-refractivity contribution in [2.75, 3.05) is 5.32 Å². The number of ether oxygens (including phenoxy) is 1. The Kier molecular flexibility index (Phi) is 5.98. The van der Waals surface area contributed by atoms with E-state index in [-0.39, 0.29) is 12.5 Å². The van der Waals surface area contributed by atoms with Gasteiger partial charge >= 0.3 is 0 Å². The zero-order chi connectivity index (χ0) is 18.2. The molecule has 0 unspecified atom stereocenters. The summed E-state index contributed by atoms with van der Waals surface area (Å²) < 4.78 is 10.9. The number of aromatic nitrogens is 2. The first-order valence-electron chi connectivity index (χ1n) is 8.66. The van der Waals surface area contributed by atoms with Gasteiger partial charge in [0.1, 0.15) is 5.75 Å². The number of carbonyl (C=O) groups is 1. The van der Waals surface area contributed by atoms with E-state index >= 15 is 0 Å². The molecule has 0 spiro atoms. The first kappa shape index (κ1) is 17.7. The maximum absolute atomic E-state index is 12.5. The Balaban J connectivity index is 1.65. The van der Waals surface area contributed by atoms with E-state index in [0.717, 1.165) is 24.9 Å². The zero-order valence-electron chi connectivity index (χ0n) is 14.6. The fraction of sp³-hybridized carbons (Fsp3) is 0.250. The summed E-state index contributed by atoms with van der Waals surface area (Å²) in [5.74, 6) is 1.31. The van der Waals surface area contributed by atoms with Crippen molar-refractivity contribution in [3.05, 3.63) is 71.9 Å². The smallest absolute Gasteiger partial charge is 0.264 e. The molecule has 0 bridgehead atoms. The number of anilines is 1. The first-order valence-corrected chi connectivity index (χ1v) is 8.66. The van der Waals surface area contributed by atoms with Crippen molar-refractivity contribution in [2.45, 2.75) is 32.8 Å². The Labute approximate surface area is 152 Å². The SMILES string of the molecule is CCCCc1noc(COc2ccccc2C(=O)Nc2ccccc2)n1. The van der Waals surface area contributed by atoms with Gasteiger partial charge in [-0.1, -0.05) is 48.8 Å². The Morgan fingerprint density at radius 1 is 1.12 bits per heavy atom. The second-order valence-electron chi connectivity index (χ2n) is 5.81. The molecule has 1 heterocycles. The van der Waals surface area contributed by atoms with E-state index < -0.39 is 0 Å². The molecule has 6 heteroatoms. The van der Waals surface area contributed by atoms with E-state index in [1.807, 2.05) is 36.4 Å². The minimum absolute atomic E-state index is 0.120. The predicted molar refractivity (Wildman–Crippen MR) is 98.1 cm³/mol. The summed E-state index contributed by atoms with van der Waals surface area (Å²) in [5, 5.41) is 6.79. The number of hydrogen-bond acceptors (Lipinski definition) is 5. The molecule has 0 atom stereocenters. The third kappa shape index (κ3) is 4.69. The van der Waals surface area contributed by atoms with Crippen LogP contribution in [0, 0.1) is 0 Å². The molecule has 0 aliphatic carbocycles. The zero-order valence-corrected chi connectivity index (χ0v) is 14.6. The third-order valence-electron chi connectivity index (χ3n) is 3.78. The van der Waals surface area contributed by atoms with E-state index in [2.05, 4.69) is 22.4 Å². The highest BCUT2D eigenvalue weighted by Crippen LogP contribution is 2.21. The van der Waals surface area contributed by atoms with Crippen LogP contribution in [0.25, 0.3) is 0 Å². The molecule has 134 valence electrons. The van der Waals surface area contributed by atoms with Crippen LogP contribution in [0.2, 0.25) is 0 Å². The van der Waals surface area contributed by atoms with Gasteiger partial charge in [0.05, 0.1) is 5.56 Å². The van der Waals surface area contributed by atoms with Gasteiger partial charge in [-0.05, 0) is 30.7 Å². The van der Waals surface area contributed by atoms with Crippen molar-refractivity contribution in [2.24, 2.45) is 0 Å². The lowest BCUT2D eigenvalue weighted by molar-refractivity contribution is 0.102. The molecule has 0 radical (unpaired) electrons. The number of hydrogen-bond donors (Lipinski definition) is 1. The second-order valence-corrected chi connectivity index (χ2v) is 5.81. The highest BCUT2D eigenvalue weighted by atomic mass is 16.5. The molecule has 2 aromatic carbocycles. The Morgan fingerprint density at radius 2 is 1.88 bits per heavy atom. The van der Waals surface area contributed by atoms with Gasteiger partial charge in [0.2, 0.25) is 0 Å². The van der Waals surface area contributed by atoms with E-state index in [0.29, 0.717) is 23.0 Å². The lowest BCUT2D eigenvalue weighted by atomic mass is 10.2. The van der Waals surface area contributed by atoms with Crippen LogP contribution in [-0.4, -0.2) is 16.0 Å². The molecule has 0 aliphatic heterocycles. The summed E-state index contributed by atoms with van der Waals surface area (Å²) in [6, 6.07) is 16.4. The molecule has 1 aromatic heterocycles. The molecule has 0 aliphatic rings.